The van der Waals surface area contributed by atoms with Crippen LogP contribution >= 0.6 is 0 Å². The molecule has 1 atom stereocenters. The van der Waals surface area contributed by atoms with Gasteiger partial charge in [0.05, 0.1) is 12.7 Å². The monoisotopic (exact) mass is 244 g/mol. The Morgan fingerprint density at radius 1 is 1.47 bits per heavy atom. The van der Waals surface area contributed by atoms with E-state index < -0.39 is 0 Å². The van der Waals surface area contributed by atoms with Crippen LogP contribution in [0.4, 0.5) is 0 Å². The highest BCUT2D eigenvalue weighted by molar-refractivity contribution is 4.82. The lowest BCUT2D eigenvalue weighted by atomic mass is 10.0. The molecule has 2 N–H and O–H groups in total. The Hall–Kier alpha value is -0.160. The van der Waals surface area contributed by atoms with Gasteiger partial charge in [0.2, 0.25) is 0 Å². The summed E-state index contributed by atoms with van der Waals surface area (Å²) in [7, 11) is 0. The number of aliphatic hydroxyl groups is 1. The second-order valence-electron chi connectivity index (χ2n) is 5.82. The van der Waals surface area contributed by atoms with E-state index in [0.717, 1.165) is 32.7 Å². The maximum atomic E-state index is 8.97. The van der Waals surface area contributed by atoms with Crippen LogP contribution in [0.5, 0.6) is 0 Å². The summed E-state index contributed by atoms with van der Waals surface area (Å²) >= 11 is 0. The van der Waals surface area contributed by atoms with E-state index in [1.165, 1.54) is 0 Å². The molecule has 1 unspecified atom stereocenters. The molecule has 1 aliphatic rings. The molecule has 1 aliphatic heterocycles. The first-order valence-corrected chi connectivity index (χ1v) is 6.66. The van der Waals surface area contributed by atoms with Gasteiger partial charge in [-0.1, -0.05) is 0 Å². The third-order valence-corrected chi connectivity index (χ3v) is 3.45. The number of nitrogens with zero attached hydrogens (tertiary/aromatic N) is 1. The molecule has 0 aliphatic carbocycles. The van der Waals surface area contributed by atoms with Gasteiger partial charge in [-0.3, -0.25) is 4.90 Å². The van der Waals surface area contributed by atoms with Crippen LogP contribution in [-0.2, 0) is 4.74 Å². The van der Waals surface area contributed by atoms with Gasteiger partial charge in [-0.15, -0.1) is 0 Å². The minimum Gasteiger partial charge on any atom is -0.396 e. The SMILES string of the molecule is CC(C)N1CCOC(CNC(C)(C)CCO)C1. The number of hydrogen-bond acceptors (Lipinski definition) is 4. The maximum Gasteiger partial charge on any atom is 0.0827 e. The zero-order valence-corrected chi connectivity index (χ0v) is 11.7. The van der Waals surface area contributed by atoms with Crippen molar-refractivity contribution in [1.82, 2.24) is 10.2 Å². The summed E-state index contributed by atoms with van der Waals surface area (Å²) in [4.78, 5) is 2.45. The van der Waals surface area contributed by atoms with E-state index in [2.05, 4.69) is 37.9 Å². The summed E-state index contributed by atoms with van der Waals surface area (Å²) < 4.78 is 5.77. The van der Waals surface area contributed by atoms with Crippen molar-refractivity contribution < 1.29 is 9.84 Å². The van der Waals surface area contributed by atoms with Gasteiger partial charge >= 0.3 is 0 Å². The number of nitrogens with one attached hydrogen (secondary N) is 1. The van der Waals surface area contributed by atoms with Crippen LogP contribution in [0.3, 0.4) is 0 Å². The molecule has 4 nitrogen and oxygen atoms in total. The van der Waals surface area contributed by atoms with Crippen molar-refractivity contribution >= 4 is 0 Å². The third-order valence-electron chi connectivity index (χ3n) is 3.45. The first-order chi connectivity index (χ1) is 7.94. The van der Waals surface area contributed by atoms with E-state index >= 15 is 0 Å². The molecule has 0 saturated carbocycles. The Bertz CT molecular complexity index is 219. The molecule has 102 valence electrons. The number of rotatable bonds is 6. The Kier molecular flexibility index (Phi) is 5.86. The first kappa shape index (κ1) is 14.9. The summed E-state index contributed by atoms with van der Waals surface area (Å²) in [6, 6.07) is 0.590. The molecule has 17 heavy (non-hydrogen) atoms. The zero-order valence-electron chi connectivity index (χ0n) is 11.7. The molecule has 0 aromatic heterocycles. The number of hydrogen-bond donors (Lipinski definition) is 2. The van der Waals surface area contributed by atoms with Crippen molar-refractivity contribution in [1.29, 1.82) is 0 Å². The molecule has 1 fully saturated rings. The van der Waals surface area contributed by atoms with Gasteiger partial charge in [-0.2, -0.15) is 0 Å². The van der Waals surface area contributed by atoms with Crippen molar-refractivity contribution in [2.75, 3.05) is 32.8 Å². The second-order valence-corrected chi connectivity index (χ2v) is 5.82. The predicted molar refractivity (Wildman–Crippen MR) is 70.2 cm³/mol. The van der Waals surface area contributed by atoms with E-state index in [-0.39, 0.29) is 18.2 Å². The molecule has 4 heteroatoms. The highest BCUT2D eigenvalue weighted by atomic mass is 16.5. The molecule has 1 heterocycles. The molecule has 1 saturated heterocycles. The average molecular weight is 244 g/mol. The van der Waals surface area contributed by atoms with E-state index in [4.69, 9.17) is 9.84 Å². The minimum atomic E-state index is -0.0157. The van der Waals surface area contributed by atoms with E-state index in [0.29, 0.717) is 6.04 Å². The van der Waals surface area contributed by atoms with Crippen molar-refractivity contribution in [2.24, 2.45) is 0 Å². The number of ether oxygens (including phenoxy) is 1. The lowest BCUT2D eigenvalue weighted by Gasteiger charge is -2.37. The fourth-order valence-corrected chi connectivity index (χ4v) is 2.09. The fourth-order valence-electron chi connectivity index (χ4n) is 2.09. The molecule has 1 rings (SSSR count). The normalized spacial score (nSPS) is 23.3. The van der Waals surface area contributed by atoms with Gasteiger partial charge in [-0.05, 0) is 34.1 Å². The molecule has 0 amide bonds. The van der Waals surface area contributed by atoms with Crippen LogP contribution in [0.15, 0.2) is 0 Å². The smallest absolute Gasteiger partial charge is 0.0827 e. The van der Waals surface area contributed by atoms with Crippen LogP contribution < -0.4 is 5.32 Å². The first-order valence-electron chi connectivity index (χ1n) is 6.66. The molecule has 0 aromatic carbocycles. The van der Waals surface area contributed by atoms with Gasteiger partial charge in [0, 0.05) is 37.8 Å². The van der Waals surface area contributed by atoms with Crippen molar-refractivity contribution in [3.8, 4) is 0 Å². The molecule has 0 radical (unpaired) electrons. The van der Waals surface area contributed by atoms with E-state index in [9.17, 15) is 0 Å². The Morgan fingerprint density at radius 2 is 2.18 bits per heavy atom. The number of morpholine rings is 1. The largest absolute Gasteiger partial charge is 0.396 e. The van der Waals surface area contributed by atoms with Gasteiger partial charge in [-0.25, -0.2) is 0 Å². The summed E-state index contributed by atoms with van der Waals surface area (Å²) in [6.45, 7) is 12.6. The minimum absolute atomic E-state index is 0.0157. The summed E-state index contributed by atoms with van der Waals surface area (Å²) in [5, 5.41) is 12.5. The van der Waals surface area contributed by atoms with Gasteiger partial charge < -0.3 is 15.2 Å². The second kappa shape index (κ2) is 6.69. The van der Waals surface area contributed by atoms with Crippen molar-refractivity contribution in [3.63, 3.8) is 0 Å². The lowest BCUT2D eigenvalue weighted by Crippen LogP contribution is -2.52. The van der Waals surface area contributed by atoms with Gasteiger partial charge in [0.25, 0.3) is 0 Å². The highest BCUT2D eigenvalue weighted by Crippen LogP contribution is 2.11. The standard InChI is InChI=1S/C13H28N2O2/c1-11(2)15-6-8-17-12(10-15)9-14-13(3,4)5-7-16/h11-12,14,16H,5-10H2,1-4H3. The van der Waals surface area contributed by atoms with Crippen molar-refractivity contribution in [3.05, 3.63) is 0 Å². The fraction of sp³-hybridized carbons (Fsp3) is 1.00. The summed E-state index contributed by atoms with van der Waals surface area (Å²) in [5.41, 5.74) is -0.0157. The molecular formula is C13H28N2O2. The summed E-state index contributed by atoms with van der Waals surface area (Å²) in [5.74, 6) is 0. The van der Waals surface area contributed by atoms with Gasteiger partial charge in [0.1, 0.15) is 0 Å². The zero-order chi connectivity index (χ0) is 12.9. The van der Waals surface area contributed by atoms with Crippen molar-refractivity contribution in [2.45, 2.75) is 51.8 Å². The van der Waals surface area contributed by atoms with Crippen LogP contribution in [-0.4, -0.2) is 60.5 Å². The van der Waals surface area contributed by atoms with Crippen LogP contribution in [0.1, 0.15) is 34.1 Å². The van der Waals surface area contributed by atoms with E-state index in [1.54, 1.807) is 0 Å². The topological polar surface area (TPSA) is 44.7 Å². The highest BCUT2D eigenvalue weighted by Gasteiger charge is 2.24. The average Bonchev–Trinajstić information content (AvgIpc) is 2.27. The quantitative estimate of drug-likeness (QED) is 0.727. The Morgan fingerprint density at radius 3 is 2.76 bits per heavy atom. The maximum absolute atomic E-state index is 8.97. The number of aliphatic hydroxyl groups excluding tert-OH is 1. The Balaban J connectivity index is 2.31. The third kappa shape index (κ3) is 5.34. The van der Waals surface area contributed by atoms with Gasteiger partial charge in [0.15, 0.2) is 0 Å². The Labute approximate surface area is 105 Å². The van der Waals surface area contributed by atoms with E-state index in [1.807, 2.05) is 0 Å². The molecule has 0 spiro atoms. The lowest BCUT2D eigenvalue weighted by molar-refractivity contribution is -0.0399. The van der Waals surface area contributed by atoms with Crippen LogP contribution in [0, 0.1) is 0 Å². The predicted octanol–water partition coefficient (Wildman–Crippen LogP) is 0.846. The van der Waals surface area contributed by atoms with Crippen LogP contribution in [0.2, 0.25) is 0 Å². The van der Waals surface area contributed by atoms with Crippen LogP contribution in [0.25, 0.3) is 0 Å². The molecule has 0 bridgehead atoms. The molecule has 0 aromatic rings. The summed E-state index contributed by atoms with van der Waals surface area (Å²) in [6.07, 6.45) is 1.04. The molecular weight excluding hydrogens is 216 g/mol.